The molecule has 1 amide bonds. The number of unbranched alkanes of at least 4 members (excludes halogenated alkanes) is 2. The Labute approximate surface area is 150 Å². The first kappa shape index (κ1) is 20.4. The lowest BCUT2D eigenvalue weighted by Gasteiger charge is -2.18. The molecular formula is C19H27ClN2O2. The van der Waals surface area contributed by atoms with Crippen molar-refractivity contribution < 1.29 is 9.53 Å². The van der Waals surface area contributed by atoms with Crippen molar-refractivity contribution in [3.05, 3.63) is 48.0 Å². The van der Waals surface area contributed by atoms with E-state index in [1.165, 1.54) is 5.39 Å². The number of benzene rings is 2. The van der Waals surface area contributed by atoms with Gasteiger partial charge in [0, 0.05) is 13.2 Å². The van der Waals surface area contributed by atoms with E-state index >= 15 is 0 Å². The predicted molar refractivity (Wildman–Crippen MR) is 101 cm³/mol. The van der Waals surface area contributed by atoms with Gasteiger partial charge >= 0.3 is 0 Å². The minimum absolute atomic E-state index is 0. The highest BCUT2D eigenvalue weighted by molar-refractivity contribution is 5.85. The zero-order valence-corrected chi connectivity index (χ0v) is 15.0. The van der Waals surface area contributed by atoms with Gasteiger partial charge < -0.3 is 15.8 Å². The first-order valence-electron chi connectivity index (χ1n) is 8.30. The Morgan fingerprint density at radius 2 is 1.92 bits per heavy atom. The Balaban J connectivity index is 0.00000288. The highest BCUT2D eigenvalue weighted by Crippen LogP contribution is 2.20. The lowest BCUT2D eigenvalue weighted by atomic mass is 10.0. The maximum Gasteiger partial charge on any atom is 0.246 e. The smallest absolute Gasteiger partial charge is 0.246 e. The van der Waals surface area contributed by atoms with Crippen molar-refractivity contribution in [2.45, 2.75) is 32.2 Å². The van der Waals surface area contributed by atoms with Gasteiger partial charge in [-0.05, 0) is 28.8 Å². The maximum atomic E-state index is 12.0. The molecule has 0 radical (unpaired) electrons. The zero-order chi connectivity index (χ0) is 16.5. The lowest BCUT2D eigenvalue weighted by molar-refractivity contribution is -0.126. The van der Waals surface area contributed by atoms with Crippen LogP contribution in [-0.2, 0) is 9.53 Å². The summed E-state index contributed by atoms with van der Waals surface area (Å²) in [5, 5.41) is 5.27. The summed E-state index contributed by atoms with van der Waals surface area (Å²) in [6.07, 6.45) is 3.27. The van der Waals surface area contributed by atoms with Crippen LogP contribution in [0.25, 0.3) is 10.8 Å². The van der Waals surface area contributed by atoms with Gasteiger partial charge in [0.2, 0.25) is 5.91 Å². The van der Waals surface area contributed by atoms with Crippen LogP contribution in [-0.4, -0.2) is 25.7 Å². The standard InChI is InChI=1S/C19H26N2O2.ClH/c1-2-3-6-11-23-14-19(22)21-18(13-20)17-10-9-15-7-4-5-8-16(15)12-17;/h4-5,7-10,12,18H,2-3,6,11,13-14,20H2,1H3,(H,21,22);1H. The normalized spacial score (nSPS) is 11.8. The molecule has 0 heterocycles. The predicted octanol–water partition coefficient (Wildman–Crippen LogP) is 3.58. The van der Waals surface area contributed by atoms with Gasteiger partial charge in [-0.1, -0.05) is 56.2 Å². The average molecular weight is 351 g/mol. The van der Waals surface area contributed by atoms with Gasteiger partial charge in [-0.3, -0.25) is 4.79 Å². The monoisotopic (exact) mass is 350 g/mol. The summed E-state index contributed by atoms with van der Waals surface area (Å²) in [4.78, 5) is 12.0. The molecule has 4 nitrogen and oxygen atoms in total. The minimum Gasteiger partial charge on any atom is -0.372 e. The summed E-state index contributed by atoms with van der Waals surface area (Å²) in [5.41, 5.74) is 6.86. The Morgan fingerprint density at radius 3 is 2.62 bits per heavy atom. The van der Waals surface area contributed by atoms with Crippen LogP contribution < -0.4 is 11.1 Å². The van der Waals surface area contributed by atoms with Crippen LogP contribution in [0.5, 0.6) is 0 Å². The number of hydrogen-bond acceptors (Lipinski definition) is 3. The number of rotatable bonds is 9. The largest absolute Gasteiger partial charge is 0.372 e. The molecular weight excluding hydrogens is 324 g/mol. The lowest BCUT2D eigenvalue weighted by Crippen LogP contribution is -2.35. The number of amides is 1. The van der Waals surface area contributed by atoms with E-state index in [1.54, 1.807) is 0 Å². The molecule has 1 atom stereocenters. The van der Waals surface area contributed by atoms with E-state index in [-0.39, 0.29) is 31.0 Å². The van der Waals surface area contributed by atoms with Gasteiger partial charge in [0.15, 0.2) is 0 Å². The highest BCUT2D eigenvalue weighted by atomic mass is 35.5. The number of nitrogens with two attached hydrogens (primary N) is 1. The number of hydrogen-bond donors (Lipinski definition) is 2. The fourth-order valence-corrected chi connectivity index (χ4v) is 2.56. The van der Waals surface area contributed by atoms with Crippen LogP contribution in [0.15, 0.2) is 42.5 Å². The maximum absolute atomic E-state index is 12.0. The van der Waals surface area contributed by atoms with E-state index < -0.39 is 0 Å². The van der Waals surface area contributed by atoms with E-state index in [1.807, 2.05) is 18.2 Å². The van der Waals surface area contributed by atoms with Crippen molar-refractivity contribution in [3.8, 4) is 0 Å². The van der Waals surface area contributed by atoms with Crippen molar-refractivity contribution in [1.82, 2.24) is 5.32 Å². The van der Waals surface area contributed by atoms with Crippen LogP contribution in [0, 0.1) is 0 Å². The van der Waals surface area contributed by atoms with Crippen LogP contribution >= 0.6 is 12.4 Å². The molecule has 0 aliphatic carbocycles. The van der Waals surface area contributed by atoms with E-state index in [2.05, 4.69) is 36.5 Å². The topological polar surface area (TPSA) is 64.3 Å². The summed E-state index contributed by atoms with van der Waals surface area (Å²) >= 11 is 0. The Morgan fingerprint density at radius 1 is 1.17 bits per heavy atom. The van der Waals surface area contributed by atoms with E-state index in [9.17, 15) is 4.79 Å². The molecule has 5 heteroatoms. The first-order chi connectivity index (χ1) is 11.2. The average Bonchev–Trinajstić information content (AvgIpc) is 2.59. The number of fused-ring (bicyclic) bond motifs is 1. The summed E-state index contributed by atoms with van der Waals surface area (Å²) in [5.74, 6) is -0.120. The fraction of sp³-hybridized carbons (Fsp3) is 0.421. The fourth-order valence-electron chi connectivity index (χ4n) is 2.56. The third-order valence-corrected chi connectivity index (χ3v) is 3.87. The molecule has 0 fully saturated rings. The van der Waals surface area contributed by atoms with Gasteiger partial charge in [0.1, 0.15) is 6.61 Å². The molecule has 3 N–H and O–H groups in total. The third-order valence-electron chi connectivity index (χ3n) is 3.87. The second-order valence-electron chi connectivity index (χ2n) is 5.72. The second-order valence-corrected chi connectivity index (χ2v) is 5.72. The van der Waals surface area contributed by atoms with Crippen molar-refractivity contribution in [2.75, 3.05) is 19.8 Å². The number of carbonyl (C=O) groups excluding carboxylic acids is 1. The first-order valence-corrected chi connectivity index (χ1v) is 8.30. The molecule has 0 spiro atoms. The molecule has 2 rings (SSSR count). The van der Waals surface area contributed by atoms with E-state index in [0.29, 0.717) is 13.2 Å². The zero-order valence-electron chi connectivity index (χ0n) is 14.2. The van der Waals surface area contributed by atoms with Gasteiger partial charge in [0.25, 0.3) is 0 Å². The number of ether oxygens (including phenoxy) is 1. The SMILES string of the molecule is CCCCCOCC(=O)NC(CN)c1ccc2ccccc2c1.Cl. The summed E-state index contributed by atoms with van der Waals surface area (Å²) in [7, 11) is 0. The second kappa shape index (κ2) is 11.0. The van der Waals surface area contributed by atoms with Crippen molar-refractivity contribution >= 4 is 29.1 Å². The molecule has 132 valence electrons. The van der Waals surface area contributed by atoms with Gasteiger partial charge in [-0.25, -0.2) is 0 Å². The third kappa shape index (κ3) is 6.11. The summed E-state index contributed by atoms with van der Waals surface area (Å²) in [6, 6.07) is 14.1. The highest BCUT2D eigenvalue weighted by Gasteiger charge is 2.13. The Kier molecular flexibility index (Phi) is 9.38. The van der Waals surface area contributed by atoms with E-state index in [0.717, 1.165) is 30.2 Å². The van der Waals surface area contributed by atoms with Crippen LogP contribution in [0.1, 0.15) is 37.8 Å². The minimum atomic E-state index is -0.189. The summed E-state index contributed by atoms with van der Waals surface area (Å²) < 4.78 is 5.40. The Bertz CT molecular complexity index is 634. The molecule has 0 saturated heterocycles. The molecule has 2 aromatic carbocycles. The van der Waals surface area contributed by atoms with Crippen molar-refractivity contribution in [2.24, 2.45) is 5.73 Å². The molecule has 0 bridgehead atoms. The van der Waals surface area contributed by atoms with Crippen LogP contribution in [0.2, 0.25) is 0 Å². The van der Waals surface area contributed by atoms with Gasteiger partial charge in [-0.15, -0.1) is 12.4 Å². The molecule has 2 aromatic rings. The van der Waals surface area contributed by atoms with Crippen molar-refractivity contribution in [1.29, 1.82) is 0 Å². The molecule has 24 heavy (non-hydrogen) atoms. The Hall–Kier alpha value is -1.62. The van der Waals surface area contributed by atoms with Crippen molar-refractivity contribution in [3.63, 3.8) is 0 Å². The van der Waals surface area contributed by atoms with E-state index in [4.69, 9.17) is 10.5 Å². The van der Waals surface area contributed by atoms with Crippen LogP contribution in [0.4, 0.5) is 0 Å². The molecule has 1 unspecified atom stereocenters. The summed E-state index contributed by atoms with van der Waals surface area (Å²) in [6.45, 7) is 3.22. The number of carbonyl (C=O) groups is 1. The molecule has 0 aromatic heterocycles. The van der Waals surface area contributed by atoms with Gasteiger partial charge in [-0.2, -0.15) is 0 Å². The number of halogens is 1. The molecule has 0 aliphatic rings. The quantitative estimate of drug-likeness (QED) is 0.679. The van der Waals surface area contributed by atoms with Crippen LogP contribution in [0.3, 0.4) is 0 Å². The molecule has 0 aliphatic heterocycles. The number of nitrogens with one attached hydrogen (secondary N) is 1. The van der Waals surface area contributed by atoms with Gasteiger partial charge in [0.05, 0.1) is 6.04 Å². The molecule has 0 saturated carbocycles.